The van der Waals surface area contributed by atoms with E-state index in [0.717, 1.165) is 0 Å². The van der Waals surface area contributed by atoms with Gasteiger partial charge in [0.15, 0.2) is 5.69 Å². The van der Waals surface area contributed by atoms with Crippen molar-refractivity contribution in [3.8, 4) is 6.07 Å². The molecule has 0 aliphatic rings. The van der Waals surface area contributed by atoms with E-state index in [1.54, 1.807) is 6.07 Å². The minimum atomic E-state index is -3.97. The Balaban J connectivity index is 3.04. The van der Waals surface area contributed by atoms with Crippen molar-refractivity contribution in [2.45, 2.75) is 37.1 Å². The first-order valence-electron chi connectivity index (χ1n) is 6.00. The van der Waals surface area contributed by atoms with Crippen LogP contribution in [0.3, 0.4) is 0 Å². The number of nitriles is 1. The van der Waals surface area contributed by atoms with Crippen LogP contribution in [0.15, 0.2) is 23.2 Å². The van der Waals surface area contributed by atoms with Crippen LogP contribution in [-0.2, 0) is 14.8 Å². The molecule has 0 bridgehead atoms. The maximum absolute atomic E-state index is 12.2. The number of rotatable bonds is 7. The quantitative estimate of drug-likeness (QED) is 0.770. The van der Waals surface area contributed by atoms with Crippen molar-refractivity contribution in [1.29, 1.82) is 5.26 Å². The average Bonchev–Trinajstić information content (AvgIpc) is 2.37. The lowest BCUT2D eigenvalue weighted by Crippen LogP contribution is -2.36. The Bertz CT molecular complexity index is 622. The number of carbonyl (C=O) groups is 1. The van der Waals surface area contributed by atoms with Gasteiger partial charge in [0.2, 0.25) is 10.0 Å². The zero-order chi connectivity index (χ0) is 15.2. The SMILES string of the molecule is CCCC(CC(=O)O)NS(=O)(=O)c1cccnc1C#N. The van der Waals surface area contributed by atoms with Gasteiger partial charge in [-0.3, -0.25) is 4.79 Å². The molecule has 0 saturated carbocycles. The monoisotopic (exact) mass is 297 g/mol. The van der Waals surface area contributed by atoms with E-state index in [1.807, 2.05) is 6.92 Å². The Kier molecular flexibility index (Phi) is 5.61. The van der Waals surface area contributed by atoms with E-state index in [1.165, 1.54) is 18.3 Å². The molecule has 0 fully saturated rings. The van der Waals surface area contributed by atoms with E-state index >= 15 is 0 Å². The smallest absolute Gasteiger partial charge is 0.304 e. The molecule has 1 heterocycles. The summed E-state index contributed by atoms with van der Waals surface area (Å²) in [6.07, 6.45) is 2.04. The summed E-state index contributed by atoms with van der Waals surface area (Å²) in [7, 11) is -3.97. The van der Waals surface area contributed by atoms with Crippen LogP contribution in [0.5, 0.6) is 0 Å². The molecule has 0 saturated heterocycles. The summed E-state index contributed by atoms with van der Waals surface area (Å²) in [5.74, 6) is -1.09. The number of pyridine rings is 1. The second kappa shape index (κ2) is 6.98. The van der Waals surface area contributed by atoms with Gasteiger partial charge in [0.1, 0.15) is 11.0 Å². The van der Waals surface area contributed by atoms with E-state index in [-0.39, 0.29) is 17.0 Å². The van der Waals surface area contributed by atoms with Crippen LogP contribution in [-0.4, -0.2) is 30.5 Å². The van der Waals surface area contributed by atoms with Crippen LogP contribution in [0.4, 0.5) is 0 Å². The summed E-state index contributed by atoms with van der Waals surface area (Å²) < 4.78 is 26.7. The summed E-state index contributed by atoms with van der Waals surface area (Å²) in [5, 5.41) is 17.6. The minimum absolute atomic E-state index is 0.217. The molecule has 1 atom stereocenters. The lowest BCUT2D eigenvalue weighted by Gasteiger charge is -2.16. The van der Waals surface area contributed by atoms with Crippen molar-refractivity contribution in [3.63, 3.8) is 0 Å². The predicted molar refractivity (Wildman–Crippen MR) is 70.2 cm³/mol. The first-order valence-corrected chi connectivity index (χ1v) is 7.48. The molecule has 1 rings (SSSR count). The first kappa shape index (κ1) is 16.1. The largest absolute Gasteiger partial charge is 0.481 e. The van der Waals surface area contributed by atoms with Crippen molar-refractivity contribution in [2.24, 2.45) is 0 Å². The van der Waals surface area contributed by atoms with Gasteiger partial charge in [-0.05, 0) is 18.6 Å². The van der Waals surface area contributed by atoms with Crippen LogP contribution in [0.1, 0.15) is 31.9 Å². The molecule has 8 heteroatoms. The summed E-state index contributed by atoms with van der Waals surface area (Å²) in [6, 6.07) is 3.65. The van der Waals surface area contributed by atoms with Gasteiger partial charge < -0.3 is 5.11 Å². The molecule has 0 amide bonds. The molecule has 0 spiro atoms. The van der Waals surface area contributed by atoms with Gasteiger partial charge in [-0.2, -0.15) is 5.26 Å². The Morgan fingerprint density at radius 3 is 2.85 bits per heavy atom. The van der Waals surface area contributed by atoms with E-state index in [4.69, 9.17) is 10.4 Å². The standard InChI is InChI=1S/C12H15N3O4S/c1-2-4-9(7-12(16)17)15-20(18,19)11-5-3-6-14-10(11)8-13/h3,5-6,9,15H,2,4,7H2,1H3,(H,16,17). The number of aliphatic carboxylic acids is 1. The molecule has 7 nitrogen and oxygen atoms in total. The molecule has 0 aromatic carbocycles. The van der Waals surface area contributed by atoms with Gasteiger partial charge >= 0.3 is 5.97 Å². The van der Waals surface area contributed by atoms with E-state index in [9.17, 15) is 13.2 Å². The molecule has 1 unspecified atom stereocenters. The molecule has 0 radical (unpaired) electrons. The molecule has 20 heavy (non-hydrogen) atoms. The number of carboxylic acids is 1. The number of hydrogen-bond donors (Lipinski definition) is 2. The van der Waals surface area contributed by atoms with Crippen LogP contribution in [0, 0.1) is 11.3 Å². The van der Waals surface area contributed by atoms with Crippen LogP contribution in [0.25, 0.3) is 0 Å². The van der Waals surface area contributed by atoms with E-state index < -0.39 is 22.0 Å². The number of nitrogens with one attached hydrogen (secondary N) is 1. The van der Waals surface area contributed by atoms with Crippen molar-refractivity contribution < 1.29 is 18.3 Å². The second-order valence-corrected chi connectivity index (χ2v) is 5.85. The van der Waals surface area contributed by atoms with E-state index in [2.05, 4.69) is 9.71 Å². The number of carboxylic acid groups (broad SMARTS) is 1. The summed E-state index contributed by atoms with van der Waals surface area (Å²) in [5.41, 5.74) is -0.217. The molecule has 1 aromatic heterocycles. The fourth-order valence-electron chi connectivity index (χ4n) is 1.74. The maximum Gasteiger partial charge on any atom is 0.304 e. The first-order chi connectivity index (χ1) is 9.40. The lowest BCUT2D eigenvalue weighted by atomic mass is 10.1. The summed E-state index contributed by atoms with van der Waals surface area (Å²) in [6.45, 7) is 1.83. The van der Waals surface area contributed by atoms with Crippen LogP contribution < -0.4 is 4.72 Å². The summed E-state index contributed by atoms with van der Waals surface area (Å²) in [4.78, 5) is 14.2. The number of nitrogens with zero attached hydrogens (tertiary/aromatic N) is 2. The third-order valence-electron chi connectivity index (χ3n) is 2.55. The average molecular weight is 297 g/mol. The third kappa shape index (κ3) is 4.29. The predicted octanol–water partition coefficient (Wildman–Crippen LogP) is 0.875. The van der Waals surface area contributed by atoms with E-state index in [0.29, 0.717) is 12.8 Å². The Hall–Kier alpha value is -1.98. The Labute approximate surface area is 117 Å². The van der Waals surface area contributed by atoms with Gasteiger partial charge in [0, 0.05) is 12.2 Å². The molecule has 0 aliphatic heterocycles. The molecule has 1 aromatic rings. The molecular formula is C12H15N3O4S. The zero-order valence-electron chi connectivity index (χ0n) is 10.9. The molecule has 108 valence electrons. The van der Waals surface area contributed by atoms with Crippen molar-refractivity contribution in [2.75, 3.05) is 0 Å². The van der Waals surface area contributed by atoms with Crippen molar-refractivity contribution in [3.05, 3.63) is 24.0 Å². The van der Waals surface area contributed by atoms with Crippen molar-refractivity contribution in [1.82, 2.24) is 9.71 Å². The summed E-state index contributed by atoms with van der Waals surface area (Å²) >= 11 is 0. The van der Waals surface area contributed by atoms with Crippen molar-refractivity contribution >= 4 is 16.0 Å². The highest BCUT2D eigenvalue weighted by atomic mass is 32.2. The highest BCUT2D eigenvalue weighted by Crippen LogP contribution is 2.14. The zero-order valence-corrected chi connectivity index (χ0v) is 11.7. The van der Waals surface area contributed by atoms with Crippen LogP contribution in [0.2, 0.25) is 0 Å². The number of aromatic nitrogens is 1. The minimum Gasteiger partial charge on any atom is -0.481 e. The lowest BCUT2D eigenvalue weighted by molar-refractivity contribution is -0.137. The van der Waals surface area contributed by atoms with Gasteiger partial charge in [-0.25, -0.2) is 18.1 Å². The van der Waals surface area contributed by atoms with Gasteiger partial charge in [-0.15, -0.1) is 0 Å². The highest BCUT2D eigenvalue weighted by molar-refractivity contribution is 7.89. The fourth-order valence-corrected chi connectivity index (χ4v) is 3.11. The molecular weight excluding hydrogens is 282 g/mol. The maximum atomic E-state index is 12.2. The normalized spacial score (nSPS) is 12.6. The van der Waals surface area contributed by atoms with Gasteiger partial charge in [0.05, 0.1) is 6.42 Å². The number of sulfonamides is 1. The molecule has 2 N–H and O–H groups in total. The number of hydrogen-bond acceptors (Lipinski definition) is 5. The second-order valence-electron chi connectivity index (χ2n) is 4.17. The highest BCUT2D eigenvalue weighted by Gasteiger charge is 2.24. The third-order valence-corrected chi connectivity index (χ3v) is 4.10. The van der Waals surface area contributed by atoms with Gasteiger partial charge in [-0.1, -0.05) is 13.3 Å². The fraction of sp³-hybridized carbons (Fsp3) is 0.417. The van der Waals surface area contributed by atoms with Crippen LogP contribution >= 0.6 is 0 Å². The topological polar surface area (TPSA) is 120 Å². The Morgan fingerprint density at radius 2 is 2.30 bits per heavy atom. The Morgan fingerprint density at radius 1 is 1.60 bits per heavy atom. The van der Waals surface area contributed by atoms with Gasteiger partial charge in [0.25, 0.3) is 0 Å². The molecule has 0 aliphatic carbocycles.